The number of amides is 2. The highest BCUT2D eigenvalue weighted by atomic mass is 19.4. The zero-order chi connectivity index (χ0) is 20.6. The molecular weight excluding hydrogens is 377 g/mol. The average molecular weight is 398 g/mol. The van der Waals surface area contributed by atoms with E-state index >= 15 is 0 Å². The third kappa shape index (κ3) is 4.28. The number of hydrogen-bond acceptors (Lipinski definition) is 3. The topological polar surface area (TPSA) is 77.9 Å². The van der Waals surface area contributed by atoms with E-state index in [2.05, 4.69) is 0 Å². The summed E-state index contributed by atoms with van der Waals surface area (Å²) >= 11 is 0. The van der Waals surface area contributed by atoms with Gasteiger partial charge in [0.25, 0.3) is 0 Å². The van der Waals surface area contributed by atoms with Gasteiger partial charge in [0.1, 0.15) is 6.04 Å². The van der Waals surface area contributed by atoms with Crippen LogP contribution in [0.1, 0.15) is 37.3 Å². The Balaban J connectivity index is 1.70. The van der Waals surface area contributed by atoms with Crippen molar-refractivity contribution in [2.75, 3.05) is 6.54 Å². The fourth-order valence-corrected chi connectivity index (χ4v) is 3.53. The first-order valence-electron chi connectivity index (χ1n) is 9.07. The van der Waals surface area contributed by atoms with E-state index in [1.165, 1.54) is 28.9 Å². The molecule has 1 aromatic carbocycles. The molecule has 1 heterocycles. The van der Waals surface area contributed by atoms with Gasteiger partial charge in [-0.05, 0) is 37.5 Å². The molecule has 9 heteroatoms. The second kappa shape index (κ2) is 7.44. The maximum atomic E-state index is 12.9. The summed E-state index contributed by atoms with van der Waals surface area (Å²) in [5, 5.41) is 9.25. The fourth-order valence-electron chi connectivity index (χ4n) is 3.53. The highest BCUT2D eigenvalue weighted by molar-refractivity contribution is 5.91. The minimum absolute atomic E-state index is 0.0234. The average Bonchev–Trinajstić information content (AvgIpc) is 3.38. The number of carboxylic acid groups (broad SMARTS) is 1. The van der Waals surface area contributed by atoms with Gasteiger partial charge in [-0.2, -0.15) is 13.2 Å². The van der Waals surface area contributed by atoms with Gasteiger partial charge in [-0.25, -0.2) is 4.79 Å². The van der Waals surface area contributed by atoms with Crippen molar-refractivity contribution in [3.63, 3.8) is 0 Å². The van der Waals surface area contributed by atoms with E-state index in [1.807, 2.05) is 0 Å². The second-order valence-electron chi connectivity index (χ2n) is 7.36. The van der Waals surface area contributed by atoms with E-state index in [4.69, 9.17) is 0 Å². The van der Waals surface area contributed by atoms with Gasteiger partial charge in [-0.3, -0.25) is 9.59 Å². The molecule has 1 aromatic rings. The van der Waals surface area contributed by atoms with E-state index < -0.39 is 29.7 Å². The Morgan fingerprint density at radius 1 is 1.32 bits per heavy atom. The molecule has 0 bridgehead atoms. The van der Waals surface area contributed by atoms with Crippen LogP contribution >= 0.6 is 0 Å². The molecule has 1 saturated carbocycles. The SMILES string of the molecule is CC(C(=O)O)N(C(=O)C1CC(=O)N(Cc2cccc(C(F)(F)F)c2)C1)C1CC1. The smallest absolute Gasteiger partial charge is 0.416 e. The van der Waals surface area contributed by atoms with Crippen LogP contribution < -0.4 is 0 Å². The first kappa shape index (κ1) is 20.2. The molecule has 2 aliphatic rings. The van der Waals surface area contributed by atoms with Crippen LogP contribution in [-0.4, -0.2) is 51.3 Å². The van der Waals surface area contributed by atoms with Gasteiger partial charge in [-0.1, -0.05) is 12.1 Å². The largest absolute Gasteiger partial charge is 0.480 e. The number of hydrogen-bond donors (Lipinski definition) is 1. The van der Waals surface area contributed by atoms with Crippen LogP contribution in [0.4, 0.5) is 13.2 Å². The Labute approximate surface area is 159 Å². The Morgan fingerprint density at radius 3 is 2.57 bits per heavy atom. The molecule has 2 amide bonds. The number of carboxylic acids is 1. The lowest BCUT2D eigenvalue weighted by atomic mass is 10.1. The molecule has 3 rings (SSSR count). The van der Waals surface area contributed by atoms with Crippen molar-refractivity contribution < 1.29 is 32.7 Å². The van der Waals surface area contributed by atoms with Crippen molar-refractivity contribution >= 4 is 17.8 Å². The van der Waals surface area contributed by atoms with Crippen molar-refractivity contribution in [1.29, 1.82) is 0 Å². The van der Waals surface area contributed by atoms with Gasteiger partial charge in [0.05, 0.1) is 11.5 Å². The Bertz CT molecular complexity index is 792. The van der Waals surface area contributed by atoms with Crippen LogP contribution in [-0.2, 0) is 27.1 Å². The number of alkyl halides is 3. The molecule has 152 valence electrons. The summed E-state index contributed by atoms with van der Waals surface area (Å²) in [7, 11) is 0. The quantitative estimate of drug-likeness (QED) is 0.799. The lowest BCUT2D eigenvalue weighted by molar-refractivity contribution is -0.151. The predicted molar refractivity (Wildman–Crippen MR) is 91.9 cm³/mol. The number of carbonyl (C=O) groups is 3. The summed E-state index contributed by atoms with van der Waals surface area (Å²) in [4.78, 5) is 39.1. The van der Waals surface area contributed by atoms with E-state index in [9.17, 15) is 32.7 Å². The molecule has 1 saturated heterocycles. The molecule has 2 fully saturated rings. The molecule has 1 N–H and O–H groups in total. The van der Waals surface area contributed by atoms with E-state index in [0.717, 1.165) is 25.0 Å². The molecule has 0 aromatic heterocycles. The fraction of sp³-hybridized carbons (Fsp3) is 0.526. The van der Waals surface area contributed by atoms with Crippen molar-refractivity contribution in [3.8, 4) is 0 Å². The van der Waals surface area contributed by atoms with Crippen molar-refractivity contribution in [2.24, 2.45) is 5.92 Å². The van der Waals surface area contributed by atoms with Gasteiger partial charge < -0.3 is 14.9 Å². The van der Waals surface area contributed by atoms with Crippen LogP contribution in [0.3, 0.4) is 0 Å². The molecule has 28 heavy (non-hydrogen) atoms. The normalized spacial score (nSPS) is 20.9. The number of nitrogens with zero attached hydrogens (tertiary/aromatic N) is 2. The van der Waals surface area contributed by atoms with Crippen LogP contribution in [0.25, 0.3) is 0 Å². The van der Waals surface area contributed by atoms with E-state index in [1.54, 1.807) is 0 Å². The Hall–Kier alpha value is -2.58. The third-order valence-electron chi connectivity index (χ3n) is 5.16. The minimum atomic E-state index is -4.47. The van der Waals surface area contributed by atoms with Gasteiger partial charge >= 0.3 is 12.1 Å². The molecule has 6 nitrogen and oxygen atoms in total. The third-order valence-corrected chi connectivity index (χ3v) is 5.16. The lowest BCUT2D eigenvalue weighted by Crippen LogP contribution is -2.47. The van der Waals surface area contributed by atoms with Crippen LogP contribution in [0.5, 0.6) is 0 Å². The molecule has 1 aliphatic carbocycles. The highest BCUT2D eigenvalue weighted by Gasteiger charge is 2.44. The monoisotopic (exact) mass is 398 g/mol. The van der Waals surface area contributed by atoms with E-state index in [-0.39, 0.29) is 37.4 Å². The van der Waals surface area contributed by atoms with Gasteiger partial charge in [0.15, 0.2) is 0 Å². The standard InChI is InChI=1S/C19H21F3N2O4/c1-11(18(27)28)24(15-5-6-15)17(26)13-8-16(25)23(10-13)9-12-3-2-4-14(7-12)19(20,21)22/h2-4,7,11,13,15H,5-6,8-10H2,1H3,(H,27,28). The summed E-state index contributed by atoms with van der Waals surface area (Å²) in [5.41, 5.74) is -0.464. The predicted octanol–water partition coefficient (Wildman–Crippen LogP) is 2.52. The van der Waals surface area contributed by atoms with Crippen molar-refractivity contribution in [3.05, 3.63) is 35.4 Å². The molecule has 2 unspecified atom stereocenters. The molecule has 0 radical (unpaired) electrons. The van der Waals surface area contributed by atoms with Crippen molar-refractivity contribution in [2.45, 2.75) is 51.0 Å². The number of likely N-dealkylation sites (tertiary alicyclic amines) is 1. The van der Waals surface area contributed by atoms with Gasteiger partial charge in [-0.15, -0.1) is 0 Å². The first-order chi connectivity index (χ1) is 13.1. The number of halogens is 3. The van der Waals surface area contributed by atoms with Crippen LogP contribution in [0, 0.1) is 5.92 Å². The van der Waals surface area contributed by atoms with Crippen LogP contribution in [0.15, 0.2) is 24.3 Å². The van der Waals surface area contributed by atoms with Crippen molar-refractivity contribution in [1.82, 2.24) is 9.80 Å². The lowest BCUT2D eigenvalue weighted by Gasteiger charge is -2.29. The first-order valence-corrected chi connectivity index (χ1v) is 9.07. The maximum Gasteiger partial charge on any atom is 0.416 e. The zero-order valence-corrected chi connectivity index (χ0v) is 15.3. The molecule has 1 aliphatic heterocycles. The van der Waals surface area contributed by atoms with Gasteiger partial charge in [0, 0.05) is 25.6 Å². The van der Waals surface area contributed by atoms with Crippen LogP contribution in [0.2, 0.25) is 0 Å². The molecular formula is C19H21F3N2O4. The summed E-state index contributed by atoms with van der Waals surface area (Å²) in [6, 6.07) is 3.64. The summed E-state index contributed by atoms with van der Waals surface area (Å²) in [5.74, 6) is -2.49. The number of aliphatic carboxylic acids is 1. The molecule has 2 atom stereocenters. The Morgan fingerprint density at radius 2 is 2.00 bits per heavy atom. The summed E-state index contributed by atoms with van der Waals surface area (Å²) in [6.45, 7) is 1.49. The highest BCUT2D eigenvalue weighted by Crippen LogP contribution is 2.33. The summed E-state index contributed by atoms with van der Waals surface area (Å²) < 4.78 is 38.6. The maximum absolute atomic E-state index is 12.9. The number of benzene rings is 1. The second-order valence-corrected chi connectivity index (χ2v) is 7.36. The van der Waals surface area contributed by atoms with Gasteiger partial charge in [0.2, 0.25) is 11.8 Å². The Kier molecular flexibility index (Phi) is 5.36. The number of rotatable bonds is 6. The summed E-state index contributed by atoms with van der Waals surface area (Å²) in [6.07, 6.45) is -3.06. The van der Waals surface area contributed by atoms with E-state index in [0.29, 0.717) is 5.56 Å². The molecule has 0 spiro atoms. The zero-order valence-electron chi connectivity index (χ0n) is 15.3. The minimum Gasteiger partial charge on any atom is -0.480 e. The number of carbonyl (C=O) groups excluding carboxylic acids is 2.